The second-order valence-corrected chi connectivity index (χ2v) is 12.7. The van der Waals surface area contributed by atoms with Gasteiger partial charge in [-0.25, -0.2) is 4.99 Å². The van der Waals surface area contributed by atoms with Crippen LogP contribution in [0.3, 0.4) is 0 Å². The molecule has 0 aliphatic carbocycles. The van der Waals surface area contributed by atoms with Crippen molar-refractivity contribution in [2.24, 2.45) is 4.99 Å². The minimum absolute atomic E-state index is 0.236. The molecule has 4 aromatic carbocycles. The van der Waals surface area contributed by atoms with Crippen molar-refractivity contribution in [1.82, 2.24) is 4.57 Å². The molecule has 1 aromatic heterocycles. The van der Waals surface area contributed by atoms with E-state index < -0.39 is 6.04 Å². The number of hydrogen-bond acceptors (Lipinski definition) is 5. The molecule has 6 nitrogen and oxygen atoms in total. The Morgan fingerprint density at radius 2 is 1.63 bits per heavy atom. The summed E-state index contributed by atoms with van der Waals surface area (Å²) in [4.78, 5) is 33.2. The predicted molar refractivity (Wildman–Crippen MR) is 178 cm³/mol. The molecule has 1 aliphatic rings. The lowest BCUT2D eigenvalue weighted by atomic mass is 9.95. The maximum Gasteiger partial charge on any atom is 0.271 e. The van der Waals surface area contributed by atoms with Crippen LogP contribution in [0.1, 0.15) is 29.7 Å². The predicted octanol–water partition coefficient (Wildman–Crippen LogP) is 6.98. The molecule has 1 aliphatic heterocycles. The van der Waals surface area contributed by atoms with Gasteiger partial charge in [-0.15, -0.1) is 0 Å². The van der Waals surface area contributed by atoms with Gasteiger partial charge in [-0.05, 0) is 64.3 Å². The fourth-order valence-electron chi connectivity index (χ4n) is 4.99. The van der Waals surface area contributed by atoms with E-state index in [1.54, 1.807) is 4.57 Å². The number of thiazole rings is 1. The lowest BCUT2D eigenvalue weighted by Crippen LogP contribution is -2.40. The number of anilines is 1. The minimum Gasteiger partial charge on any atom is -0.487 e. The molecule has 1 atom stereocenters. The average Bonchev–Trinajstić information content (AvgIpc) is 3.31. The lowest BCUT2D eigenvalue weighted by Gasteiger charge is -2.25. The van der Waals surface area contributed by atoms with Gasteiger partial charge in [0, 0.05) is 15.7 Å². The number of aromatic nitrogens is 1. The van der Waals surface area contributed by atoms with Crippen molar-refractivity contribution >= 4 is 60.9 Å². The number of benzene rings is 4. The standard InChI is InChI=1S/C34H25Br2N3O3S/c1-21-29(32(40)38-26-15-9-4-10-16-26)30(23-13-7-3-8-14-23)39-33(41)28(43-34(39)37-21)18-24-17-25(35)19-27(36)31(24)42-20-22-11-5-2-6-12-22/h2-19,30H,20H2,1H3,(H,38,40)/b28-18-/t30-/m0/s1. The molecular weight excluding hydrogens is 690 g/mol. The third-order valence-electron chi connectivity index (χ3n) is 6.96. The first kappa shape index (κ1) is 29.0. The molecule has 6 rings (SSSR count). The quantitative estimate of drug-likeness (QED) is 0.198. The molecule has 9 heteroatoms. The van der Waals surface area contributed by atoms with Crippen LogP contribution in [0.2, 0.25) is 0 Å². The zero-order chi connectivity index (χ0) is 29.9. The summed E-state index contributed by atoms with van der Waals surface area (Å²) in [7, 11) is 0. The molecule has 0 radical (unpaired) electrons. The van der Waals surface area contributed by atoms with Crippen molar-refractivity contribution < 1.29 is 9.53 Å². The number of nitrogens with one attached hydrogen (secondary N) is 1. The van der Waals surface area contributed by atoms with E-state index in [0.29, 0.717) is 38.6 Å². The number of fused-ring (bicyclic) bond motifs is 1. The van der Waals surface area contributed by atoms with Gasteiger partial charge in [0.2, 0.25) is 0 Å². The SMILES string of the molecule is CC1=C(C(=O)Nc2ccccc2)[C@H](c2ccccc2)n2c(s/c(=C\c3cc(Br)cc(Br)c3OCc3ccccc3)c2=O)=N1. The van der Waals surface area contributed by atoms with E-state index in [1.807, 2.05) is 116 Å². The van der Waals surface area contributed by atoms with Crippen LogP contribution in [-0.4, -0.2) is 10.5 Å². The Morgan fingerprint density at radius 3 is 2.33 bits per heavy atom. The third-order valence-corrected chi connectivity index (χ3v) is 8.99. The Kier molecular flexibility index (Phi) is 8.56. The van der Waals surface area contributed by atoms with E-state index in [1.165, 1.54) is 11.3 Å². The van der Waals surface area contributed by atoms with Gasteiger partial charge in [-0.1, -0.05) is 106 Å². The fourth-order valence-corrected chi connectivity index (χ4v) is 7.40. The molecule has 1 amide bonds. The minimum atomic E-state index is -0.647. The van der Waals surface area contributed by atoms with Crippen LogP contribution in [0.15, 0.2) is 133 Å². The van der Waals surface area contributed by atoms with Gasteiger partial charge in [0.15, 0.2) is 4.80 Å². The molecule has 0 saturated heterocycles. The first-order chi connectivity index (χ1) is 20.9. The number of halogens is 2. The molecule has 0 unspecified atom stereocenters. The zero-order valence-corrected chi connectivity index (χ0v) is 26.9. The number of rotatable bonds is 7. The summed E-state index contributed by atoms with van der Waals surface area (Å²) in [6.07, 6.45) is 1.82. The summed E-state index contributed by atoms with van der Waals surface area (Å²) in [6.45, 7) is 2.18. The highest BCUT2D eigenvalue weighted by Gasteiger charge is 2.32. The maximum absolute atomic E-state index is 14.2. The molecule has 5 aromatic rings. The van der Waals surface area contributed by atoms with Gasteiger partial charge in [0.05, 0.1) is 26.3 Å². The van der Waals surface area contributed by atoms with E-state index in [2.05, 4.69) is 37.2 Å². The van der Waals surface area contributed by atoms with Crippen molar-refractivity contribution in [2.45, 2.75) is 19.6 Å². The molecule has 0 saturated carbocycles. The van der Waals surface area contributed by atoms with Crippen LogP contribution in [0, 0.1) is 0 Å². The summed E-state index contributed by atoms with van der Waals surface area (Å²) < 4.78 is 9.94. The fraction of sp³-hybridized carbons (Fsp3) is 0.0882. The molecule has 0 bridgehead atoms. The number of nitrogens with zero attached hydrogens (tertiary/aromatic N) is 2. The Morgan fingerprint density at radius 1 is 0.977 bits per heavy atom. The first-order valence-corrected chi connectivity index (χ1v) is 15.9. The number of amides is 1. The van der Waals surface area contributed by atoms with Gasteiger partial charge in [-0.2, -0.15) is 0 Å². The highest BCUT2D eigenvalue weighted by molar-refractivity contribution is 9.11. The first-order valence-electron chi connectivity index (χ1n) is 13.5. The van der Waals surface area contributed by atoms with Crippen LogP contribution in [0.5, 0.6) is 5.75 Å². The lowest BCUT2D eigenvalue weighted by molar-refractivity contribution is -0.113. The van der Waals surface area contributed by atoms with E-state index in [0.717, 1.165) is 25.6 Å². The highest BCUT2D eigenvalue weighted by Crippen LogP contribution is 2.34. The monoisotopic (exact) mass is 713 g/mol. The van der Waals surface area contributed by atoms with Crippen molar-refractivity contribution in [3.63, 3.8) is 0 Å². The molecule has 43 heavy (non-hydrogen) atoms. The van der Waals surface area contributed by atoms with E-state index in [4.69, 9.17) is 9.73 Å². The number of para-hydroxylation sites is 1. The zero-order valence-electron chi connectivity index (χ0n) is 23.0. The van der Waals surface area contributed by atoms with Crippen molar-refractivity contribution in [1.29, 1.82) is 0 Å². The Bertz CT molecular complexity index is 2020. The second kappa shape index (κ2) is 12.7. The molecule has 214 valence electrons. The molecule has 1 N–H and O–H groups in total. The molecule has 2 heterocycles. The number of hydrogen-bond donors (Lipinski definition) is 1. The van der Waals surface area contributed by atoms with Crippen molar-refractivity contribution in [3.05, 3.63) is 160 Å². The summed E-state index contributed by atoms with van der Waals surface area (Å²) in [5.74, 6) is 0.319. The largest absolute Gasteiger partial charge is 0.487 e. The van der Waals surface area contributed by atoms with Crippen LogP contribution in [0.25, 0.3) is 6.08 Å². The smallest absolute Gasteiger partial charge is 0.271 e. The van der Waals surface area contributed by atoms with Crippen LogP contribution in [0.4, 0.5) is 5.69 Å². The maximum atomic E-state index is 14.2. The van der Waals surface area contributed by atoms with Gasteiger partial charge in [0.25, 0.3) is 11.5 Å². The van der Waals surface area contributed by atoms with Crippen molar-refractivity contribution in [3.8, 4) is 5.75 Å². The van der Waals surface area contributed by atoms with Gasteiger partial charge < -0.3 is 10.1 Å². The van der Waals surface area contributed by atoms with Gasteiger partial charge in [0.1, 0.15) is 12.4 Å². The van der Waals surface area contributed by atoms with Crippen molar-refractivity contribution in [2.75, 3.05) is 5.32 Å². The van der Waals surface area contributed by atoms with Gasteiger partial charge >= 0.3 is 0 Å². The van der Waals surface area contributed by atoms with Crippen LogP contribution >= 0.6 is 43.2 Å². The van der Waals surface area contributed by atoms with E-state index in [9.17, 15) is 9.59 Å². The number of carbonyl (C=O) groups is 1. The second-order valence-electron chi connectivity index (χ2n) is 9.89. The summed E-state index contributed by atoms with van der Waals surface area (Å²) in [6, 6.07) is 31.9. The summed E-state index contributed by atoms with van der Waals surface area (Å²) >= 11 is 8.50. The van der Waals surface area contributed by atoms with Gasteiger partial charge in [-0.3, -0.25) is 14.2 Å². The van der Waals surface area contributed by atoms with Crippen LogP contribution in [-0.2, 0) is 11.4 Å². The van der Waals surface area contributed by atoms with E-state index >= 15 is 0 Å². The number of ether oxygens (including phenoxy) is 1. The third kappa shape index (κ3) is 6.20. The Labute approximate surface area is 269 Å². The van der Waals surface area contributed by atoms with Crippen LogP contribution < -0.4 is 24.9 Å². The topological polar surface area (TPSA) is 72.7 Å². The Balaban J connectivity index is 1.46. The summed E-state index contributed by atoms with van der Waals surface area (Å²) in [5, 5.41) is 2.98. The highest BCUT2D eigenvalue weighted by atomic mass is 79.9. The number of carbonyl (C=O) groups excluding carboxylic acids is 1. The number of allylic oxidation sites excluding steroid dienone is 1. The van der Waals surface area contributed by atoms with E-state index in [-0.39, 0.29) is 11.5 Å². The average molecular weight is 715 g/mol. The molecule has 0 spiro atoms. The normalized spacial score (nSPS) is 14.7. The molecular formula is C34H25Br2N3O3S. The summed E-state index contributed by atoms with van der Waals surface area (Å²) in [5.41, 5.74) is 4.00. The molecule has 0 fully saturated rings. The Hall–Kier alpha value is -4.05.